The Hall–Kier alpha value is -0.940. The number of hydrogen-bond donors (Lipinski definition) is 2. The van der Waals surface area contributed by atoms with Crippen LogP contribution in [0.1, 0.15) is 19.8 Å². The van der Waals surface area contributed by atoms with E-state index in [1.54, 1.807) is 0 Å². The molecule has 0 bridgehead atoms. The summed E-state index contributed by atoms with van der Waals surface area (Å²) in [4.78, 5) is 22.7. The Labute approximate surface area is 96.8 Å². The van der Waals surface area contributed by atoms with Gasteiger partial charge in [0.1, 0.15) is 11.8 Å². The molecular formula is C11H23N2O3+. The average Bonchev–Trinajstić information content (AvgIpc) is 2.11. The predicted molar refractivity (Wildman–Crippen MR) is 61.9 cm³/mol. The second-order valence-corrected chi connectivity index (χ2v) is 5.16. The van der Waals surface area contributed by atoms with Crippen LogP contribution in [0.4, 0.5) is 0 Å². The van der Waals surface area contributed by atoms with E-state index in [9.17, 15) is 9.59 Å². The maximum Gasteiger partial charge on any atom is 0.321 e. The highest BCUT2D eigenvalue weighted by Crippen LogP contribution is 2.12. The van der Waals surface area contributed by atoms with Crippen LogP contribution in [0.25, 0.3) is 0 Å². The van der Waals surface area contributed by atoms with Gasteiger partial charge in [-0.3, -0.25) is 9.59 Å². The molecule has 5 nitrogen and oxygen atoms in total. The van der Waals surface area contributed by atoms with E-state index in [1.165, 1.54) is 0 Å². The maximum absolute atomic E-state index is 11.8. The molecule has 0 spiro atoms. The molecule has 0 aliphatic rings. The van der Waals surface area contributed by atoms with Gasteiger partial charge >= 0.3 is 5.97 Å². The molecule has 5 heteroatoms. The average molecular weight is 231 g/mol. The molecule has 2 unspecified atom stereocenters. The molecule has 0 fully saturated rings. The third-order valence-corrected chi connectivity index (χ3v) is 2.37. The van der Waals surface area contributed by atoms with E-state index < -0.39 is 17.9 Å². The molecule has 0 aliphatic carbocycles. The molecular weight excluding hydrogens is 208 g/mol. The van der Waals surface area contributed by atoms with Crippen molar-refractivity contribution in [2.24, 2.45) is 11.7 Å². The lowest BCUT2D eigenvalue weighted by Gasteiger charge is -2.30. The SMILES string of the molecule is CCCC(=O)C(C[N+](C)(C)C)C(N)C(=O)O. The first kappa shape index (κ1) is 15.1. The molecule has 16 heavy (non-hydrogen) atoms. The van der Waals surface area contributed by atoms with E-state index in [0.29, 0.717) is 17.4 Å². The van der Waals surface area contributed by atoms with Crippen molar-refractivity contribution in [1.29, 1.82) is 0 Å². The monoisotopic (exact) mass is 231 g/mol. The third kappa shape index (κ3) is 5.23. The Morgan fingerprint density at radius 3 is 2.12 bits per heavy atom. The molecule has 0 aromatic heterocycles. The minimum atomic E-state index is -1.11. The normalized spacial score (nSPS) is 15.6. The van der Waals surface area contributed by atoms with Gasteiger partial charge in [-0.25, -0.2) is 0 Å². The number of aliphatic carboxylic acids is 1. The molecule has 3 N–H and O–H groups in total. The lowest BCUT2D eigenvalue weighted by Crippen LogP contribution is -2.51. The third-order valence-electron chi connectivity index (χ3n) is 2.37. The number of nitrogens with zero attached hydrogens (tertiary/aromatic N) is 1. The zero-order valence-electron chi connectivity index (χ0n) is 10.6. The van der Waals surface area contributed by atoms with Gasteiger partial charge in [-0.1, -0.05) is 6.92 Å². The fraction of sp³-hybridized carbons (Fsp3) is 0.818. The molecule has 0 radical (unpaired) electrons. The summed E-state index contributed by atoms with van der Waals surface area (Å²) in [6.07, 6.45) is 1.12. The van der Waals surface area contributed by atoms with Crippen molar-refractivity contribution in [3.63, 3.8) is 0 Å². The van der Waals surface area contributed by atoms with Crippen LogP contribution < -0.4 is 5.73 Å². The first-order chi connectivity index (χ1) is 7.19. The first-order valence-corrected chi connectivity index (χ1v) is 5.50. The number of carboxylic acid groups (broad SMARTS) is 1. The van der Waals surface area contributed by atoms with Crippen LogP contribution in [-0.2, 0) is 9.59 Å². The van der Waals surface area contributed by atoms with E-state index in [2.05, 4.69) is 0 Å². The molecule has 2 atom stereocenters. The van der Waals surface area contributed by atoms with Crippen molar-refractivity contribution >= 4 is 11.8 Å². The van der Waals surface area contributed by atoms with Gasteiger partial charge in [-0.05, 0) is 6.42 Å². The molecule has 0 aliphatic heterocycles. The number of carbonyl (C=O) groups excluding carboxylic acids is 1. The van der Waals surface area contributed by atoms with Crippen molar-refractivity contribution in [1.82, 2.24) is 0 Å². The first-order valence-electron chi connectivity index (χ1n) is 5.50. The topological polar surface area (TPSA) is 80.4 Å². The van der Waals surface area contributed by atoms with Crippen LogP contribution in [0, 0.1) is 5.92 Å². The number of rotatable bonds is 7. The van der Waals surface area contributed by atoms with Gasteiger partial charge in [-0.2, -0.15) is 0 Å². The summed E-state index contributed by atoms with van der Waals surface area (Å²) in [5, 5.41) is 8.88. The quantitative estimate of drug-likeness (QED) is 0.608. The number of carbonyl (C=O) groups is 2. The zero-order chi connectivity index (χ0) is 12.9. The van der Waals surface area contributed by atoms with Gasteiger partial charge < -0.3 is 15.3 Å². The van der Waals surface area contributed by atoms with Crippen LogP contribution in [0.2, 0.25) is 0 Å². The summed E-state index contributed by atoms with van der Waals surface area (Å²) < 4.78 is 0.529. The molecule has 0 aromatic rings. The van der Waals surface area contributed by atoms with Crippen molar-refractivity contribution < 1.29 is 19.2 Å². The zero-order valence-corrected chi connectivity index (χ0v) is 10.6. The van der Waals surface area contributed by atoms with Gasteiger partial charge in [0.05, 0.1) is 33.6 Å². The van der Waals surface area contributed by atoms with E-state index in [4.69, 9.17) is 10.8 Å². The number of ketones is 1. The van der Waals surface area contributed by atoms with E-state index in [-0.39, 0.29) is 5.78 Å². The molecule has 0 amide bonds. The van der Waals surface area contributed by atoms with E-state index in [1.807, 2.05) is 28.1 Å². The van der Waals surface area contributed by atoms with Gasteiger partial charge in [0.2, 0.25) is 0 Å². The molecule has 0 aromatic carbocycles. The number of nitrogens with two attached hydrogens (primary N) is 1. The molecule has 0 rings (SSSR count). The summed E-state index contributed by atoms with van der Waals surface area (Å²) in [5.41, 5.74) is 5.57. The van der Waals surface area contributed by atoms with Gasteiger partial charge in [-0.15, -0.1) is 0 Å². The van der Waals surface area contributed by atoms with Gasteiger partial charge in [0.15, 0.2) is 0 Å². The van der Waals surface area contributed by atoms with E-state index >= 15 is 0 Å². The number of quaternary nitrogens is 1. The smallest absolute Gasteiger partial charge is 0.321 e. The molecule has 0 saturated carbocycles. The fourth-order valence-corrected chi connectivity index (χ4v) is 1.61. The fourth-order valence-electron chi connectivity index (χ4n) is 1.61. The Bertz CT molecular complexity index is 258. The highest BCUT2D eigenvalue weighted by molar-refractivity contribution is 5.88. The Morgan fingerprint density at radius 1 is 1.31 bits per heavy atom. The van der Waals surface area contributed by atoms with Crippen molar-refractivity contribution in [3.05, 3.63) is 0 Å². The lowest BCUT2D eigenvalue weighted by molar-refractivity contribution is -0.872. The summed E-state index contributed by atoms with van der Waals surface area (Å²) in [5.74, 6) is -1.76. The number of hydrogen-bond acceptors (Lipinski definition) is 3. The Balaban J connectivity index is 4.76. The van der Waals surface area contributed by atoms with Crippen LogP contribution in [0.5, 0.6) is 0 Å². The highest BCUT2D eigenvalue weighted by atomic mass is 16.4. The largest absolute Gasteiger partial charge is 0.480 e. The minimum Gasteiger partial charge on any atom is -0.480 e. The van der Waals surface area contributed by atoms with E-state index in [0.717, 1.165) is 6.42 Å². The van der Waals surface area contributed by atoms with Crippen LogP contribution in [-0.4, -0.2) is 55.1 Å². The number of Topliss-reactive ketones (excluding diaryl/α,β-unsaturated/α-hetero) is 1. The Morgan fingerprint density at radius 2 is 1.81 bits per heavy atom. The summed E-state index contributed by atoms with van der Waals surface area (Å²) in [7, 11) is 5.75. The summed E-state index contributed by atoms with van der Waals surface area (Å²) >= 11 is 0. The van der Waals surface area contributed by atoms with Gasteiger partial charge in [0.25, 0.3) is 0 Å². The van der Waals surface area contributed by atoms with Crippen LogP contribution in [0.15, 0.2) is 0 Å². The van der Waals surface area contributed by atoms with Crippen molar-refractivity contribution in [2.45, 2.75) is 25.8 Å². The summed E-state index contributed by atoms with van der Waals surface area (Å²) in [6.45, 7) is 2.35. The lowest BCUT2D eigenvalue weighted by atomic mass is 9.92. The highest BCUT2D eigenvalue weighted by Gasteiger charge is 2.34. The standard InChI is InChI=1S/C11H22N2O3/c1-5-6-9(14)8(7-13(2,3)4)10(12)11(15)16/h8,10H,5-7,12H2,1-4H3/p+1. The maximum atomic E-state index is 11.8. The second kappa shape index (κ2) is 5.96. The molecule has 0 heterocycles. The number of carboxylic acids is 1. The van der Waals surface area contributed by atoms with Gasteiger partial charge in [0, 0.05) is 6.42 Å². The van der Waals surface area contributed by atoms with Crippen LogP contribution >= 0.6 is 0 Å². The second-order valence-electron chi connectivity index (χ2n) is 5.16. The summed E-state index contributed by atoms with van der Waals surface area (Å²) in [6, 6.07) is -1.10. The Kier molecular flexibility index (Phi) is 5.61. The molecule has 0 saturated heterocycles. The van der Waals surface area contributed by atoms with Crippen molar-refractivity contribution in [3.8, 4) is 0 Å². The predicted octanol–water partition coefficient (Wildman–Crippen LogP) is 0.0899. The van der Waals surface area contributed by atoms with Crippen LogP contribution in [0.3, 0.4) is 0 Å². The molecule has 94 valence electrons. The van der Waals surface area contributed by atoms with Crippen molar-refractivity contribution in [2.75, 3.05) is 27.7 Å². The minimum absolute atomic E-state index is 0.0505.